The second-order valence-corrected chi connectivity index (χ2v) is 8.05. The number of carbonyl (C=O) groups is 1. The molecule has 0 fully saturated rings. The second kappa shape index (κ2) is 10.8. The van der Waals surface area contributed by atoms with Gasteiger partial charge in [-0.3, -0.25) is 4.98 Å². The number of urea groups is 1. The van der Waals surface area contributed by atoms with Crippen molar-refractivity contribution in [2.45, 2.75) is 6.18 Å². The van der Waals surface area contributed by atoms with Crippen molar-refractivity contribution in [1.82, 2.24) is 9.97 Å². The SMILES string of the molecule is NCCNc1cnc2ccc(Oc3cc(NC(=O)Nc4ccc(Cl)c(C(F)(F)F)c4)ccc3F)cc2n1. The van der Waals surface area contributed by atoms with E-state index in [-0.39, 0.29) is 22.9 Å². The standard InChI is InChI=1S/C24H19ClF4N6O2/c25-17-4-1-13(9-16(17)24(27,28)29)33-23(36)34-14-2-5-18(26)21(10-14)37-15-3-6-19-20(11-15)35-22(12-32-19)31-8-7-30/h1-6,9-12H,7-8,30H2,(H,31,35)(H2,33,34,36). The van der Waals surface area contributed by atoms with Crippen LogP contribution in [0.4, 0.5) is 39.5 Å². The van der Waals surface area contributed by atoms with Crippen LogP contribution in [0.3, 0.4) is 0 Å². The van der Waals surface area contributed by atoms with Gasteiger partial charge in [0.2, 0.25) is 0 Å². The summed E-state index contributed by atoms with van der Waals surface area (Å²) in [7, 11) is 0. The van der Waals surface area contributed by atoms with Crippen LogP contribution < -0.4 is 26.4 Å². The number of anilines is 3. The Morgan fingerprint density at radius 2 is 1.73 bits per heavy atom. The van der Waals surface area contributed by atoms with Gasteiger partial charge >= 0.3 is 12.2 Å². The lowest BCUT2D eigenvalue weighted by Crippen LogP contribution is -2.20. The van der Waals surface area contributed by atoms with Crippen molar-refractivity contribution in [2.75, 3.05) is 29.0 Å². The van der Waals surface area contributed by atoms with Crippen molar-refractivity contribution in [2.24, 2.45) is 5.73 Å². The minimum atomic E-state index is -4.69. The number of nitrogens with zero attached hydrogens (tertiary/aromatic N) is 2. The van der Waals surface area contributed by atoms with Gasteiger partial charge in [-0.1, -0.05) is 11.6 Å². The highest BCUT2D eigenvalue weighted by Gasteiger charge is 2.33. The first kappa shape index (κ1) is 25.9. The molecule has 2 amide bonds. The molecule has 0 saturated carbocycles. The first-order valence-corrected chi connectivity index (χ1v) is 11.1. The van der Waals surface area contributed by atoms with Gasteiger partial charge in [-0.05, 0) is 42.5 Å². The molecule has 1 heterocycles. The minimum absolute atomic E-state index is 0.132. The van der Waals surface area contributed by atoms with Gasteiger partial charge in [0.05, 0.1) is 27.8 Å². The highest BCUT2D eigenvalue weighted by molar-refractivity contribution is 6.31. The number of ether oxygens (including phenoxy) is 1. The van der Waals surface area contributed by atoms with E-state index in [2.05, 4.69) is 25.9 Å². The van der Waals surface area contributed by atoms with Crippen molar-refractivity contribution >= 4 is 45.9 Å². The second-order valence-electron chi connectivity index (χ2n) is 7.64. The molecule has 8 nitrogen and oxygen atoms in total. The largest absolute Gasteiger partial charge is 0.454 e. The summed E-state index contributed by atoms with van der Waals surface area (Å²) in [5.74, 6) is -0.128. The van der Waals surface area contributed by atoms with E-state index in [4.69, 9.17) is 22.1 Å². The number of amides is 2. The van der Waals surface area contributed by atoms with E-state index in [9.17, 15) is 22.4 Å². The Bertz CT molecular complexity index is 1450. The normalized spacial score (nSPS) is 11.3. The number of halogens is 5. The lowest BCUT2D eigenvalue weighted by atomic mass is 10.2. The molecule has 0 atom stereocenters. The highest BCUT2D eigenvalue weighted by Crippen LogP contribution is 2.36. The zero-order valence-corrected chi connectivity index (χ0v) is 19.6. The molecule has 3 aromatic carbocycles. The van der Waals surface area contributed by atoms with Gasteiger partial charge in [-0.25, -0.2) is 14.2 Å². The van der Waals surface area contributed by atoms with Gasteiger partial charge < -0.3 is 26.4 Å². The van der Waals surface area contributed by atoms with Crippen LogP contribution in [0, 0.1) is 5.82 Å². The molecule has 0 spiro atoms. The van der Waals surface area contributed by atoms with Crippen molar-refractivity contribution in [3.63, 3.8) is 0 Å². The fourth-order valence-corrected chi connectivity index (χ4v) is 3.46. The van der Waals surface area contributed by atoms with Gasteiger partial charge in [0, 0.05) is 36.6 Å². The number of hydrogen-bond acceptors (Lipinski definition) is 6. The molecular weight excluding hydrogens is 516 g/mol. The molecule has 0 aliphatic rings. The first-order chi connectivity index (χ1) is 17.6. The monoisotopic (exact) mass is 534 g/mol. The Morgan fingerprint density at radius 3 is 2.46 bits per heavy atom. The van der Waals surface area contributed by atoms with Crippen LogP contribution in [0.25, 0.3) is 11.0 Å². The third kappa shape index (κ3) is 6.54. The third-order valence-corrected chi connectivity index (χ3v) is 5.24. The number of alkyl halides is 3. The molecule has 4 rings (SSSR count). The zero-order valence-electron chi connectivity index (χ0n) is 18.9. The molecule has 0 radical (unpaired) electrons. The average molecular weight is 535 g/mol. The number of fused-ring (bicyclic) bond motifs is 1. The molecule has 37 heavy (non-hydrogen) atoms. The van der Waals surface area contributed by atoms with E-state index >= 15 is 0 Å². The summed E-state index contributed by atoms with van der Waals surface area (Å²) >= 11 is 5.59. The fraction of sp³-hybridized carbons (Fsp3) is 0.125. The molecule has 13 heteroatoms. The summed E-state index contributed by atoms with van der Waals surface area (Å²) < 4.78 is 59.2. The van der Waals surface area contributed by atoms with Crippen LogP contribution in [0.2, 0.25) is 5.02 Å². The van der Waals surface area contributed by atoms with Gasteiger partial charge in [-0.2, -0.15) is 13.2 Å². The van der Waals surface area contributed by atoms with E-state index in [1.165, 1.54) is 18.2 Å². The van der Waals surface area contributed by atoms with Crippen molar-refractivity contribution < 1.29 is 27.1 Å². The number of benzene rings is 3. The number of carbonyl (C=O) groups excluding carboxylic acids is 1. The number of rotatable bonds is 7. The maximum atomic E-state index is 14.4. The Hall–Kier alpha value is -4.16. The van der Waals surface area contributed by atoms with E-state index < -0.39 is 28.6 Å². The first-order valence-electron chi connectivity index (χ1n) is 10.8. The quantitative estimate of drug-likeness (QED) is 0.208. The summed E-state index contributed by atoms with van der Waals surface area (Å²) in [5.41, 5.74) is 5.47. The molecular formula is C24H19ClF4N6O2. The van der Waals surface area contributed by atoms with Gasteiger partial charge in [-0.15, -0.1) is 0 Å². The van der Waals surface area contributed by atoms with E-state index in [1.54, 1.807) is 24.4 Å². The number of aromatic nitrogens is 2. The lowest BCUT2D eigenvalue weighted by molar-refractivity contribution is -0.137. The third-order valence-electron chi connectivity index (χ3n) is 4.91. The summed E-state index contributed by atoms with van der Waals surface area (Å²) in [6.45, 7) is 0.926. The fourth-order valence-electron chi connectivity index (χ4n) is 3.24. The summed E-state index contributed by atoms with van der Waals surface area (Å²) in [6, 6.07) is 10.5. The Labute approximate surface area is 212 Å². The topological polar surface area (TPSA) is 114 Å². The molecule has 0 aliphatic carbocycles. The predicted octanol–water partition coefficient (Wildman–Crippen LogP) is 6.25. The van der Waals surface area contributed by atoms with Crippen LogP contribution >= 0.6 is 11.6 Å². The Kier molecular flexibility index (Phi) is 7.60. The van der Waals surface area contributed by atoms with Crippen LogP contribution in [0.15, 0.2) is 60.8 Å². The Balaban J connectivity index is 1.48. The van der Waals surface area contributed by atoms with Gasteiger partial charge in [0.15, 0.2) is 11.6 Å². The minimum Gasteiger partial charge on any atom is -0.454 e. The smallest absolute Gasteiger partial charge is 0.417 e. The van der Waals surface area contributed by atoms with E-state index in [0.717, 1.165) is 12.1 Å². The maximum absolute atomic E-state index is 14.4. The number of hydrogen-bond donors (Lipinski definition) is 4. The molecule has 5 N–H and O–H groups in total. The molecule has 0 unspecified atom stereocenters. The summed E-state index contributed by atoms with van der Waals surface area (Å²) in [4.78, 5) is 21.0. The molecule has 1 aromatic heterocycles. The van der Waals surface area contributed by atoms with E-state index in [1.807, 2.05) is 0 Å². The van der Waals surface area contributed by atoms with Crippen LogP contribution in [-0.2, 0) is 6.18 Å². The lowest BCUT2D eigenvalue weighted by Gasteiger charge is -2.13. The summed E-state index contributed by atoms with van der Waals surface area (Å²) in [5, 5.41) is 7.22. The number of nitrogens with one attached hydrogen (secondary N) is 3. The zero-order chi connectivity index (χ0) is 26.6. The Morgan fingerprint density at radius 1 is 1.00 bits per heavy atom. The van der Waals surface area contributed by atoms with Crippen LogP contribution in [-0.4, -0.2) is 29.1 Å². The molecule has 0 saturated heterocycles. The van der Waals surface area contributed by atoms with Crippen molar-refractivity contribution in [3.05, 3.63) is 77.2 Å². The molecule has 0 bridgehead atoms. The van der Waals surface area contributed by atoms with Crippen LogP contribution in [0.1, 0.15) is 5.56 Å². The molecule has 192 valence electrons. The molecule has 4 aromatic rings. The number of nitrogens with two attached hydrogens (primary N) is 1. The van der Waals surface area contributed by atoms with Gasteiger partial charge in [0.25, 0.3) is 0 Å². The van der Waals surface area contributed by atoms with Gasteiger partial charge in [0.1, 0.15) is 11.6 Å². The highest BCUT2D eigenvalue weighted by atomic mass is 35.5. The van der Waals surface area contributed by atoms with E-state index in [0.29, 0.717) is 36.0 Å². The van der Waals surface area contributed by atoms with Crippen LogP contribution in [0.5, 0.6) is 11.5 Å². The predicted molar refractivity (Wildman–Crippen MR) is 133 cm³/mol. The van der Waals surface area contributed by atoms with Crippen molar-refractivity contribution in [3.8, 4) is 11.5 Å². The average Bonchev–Trinajstić information content (AvgIpc) is 2.85. The summed E-state index contributed by atoms with van der Waals surface area (Å²) in [6.07, 6.45) is -3.13. The van der Waals surface area contributed by atoms with Crippen molar-refractivity contribution in [1.29, 1.82) is 0 Å². The molecule has 0 aliphatic heterocycles. The maximum Gasteiger partial charge on any atom is 0.417 e.